The van der Waals surface area contributed by atoms with Crippen LogP contribution in [-0.2, 0) is 9.59 Å². The minimum atomic E-state index is -0.737. The Labute approximate surface area is 286 Å². The molecule has 1 atom stereocenters. The van der Waals surface area contributed by atoms with Gasteiger partial charge in [-0.2, -0.15) is 0 Å². The van der Waals surface area contributed by atoms with E-state index in [0.717, 1.165) is 0 Å². The lowest BCUT2D eigenvalue weighted by atomic mass is 10.1. The molecule has 9 nitrogen and oxygen atoms in total. The van der Waals surface area contributed by atoms with Crippen LogP contribution in [0.4, 0.5) is 17.1 Å². The maximum Gasteiger partial charge on any atom is 0.272 e. The van der Waals surface area contributed by atoms with Gasteiger partial charge >= 0.3 is 0 Å². The molecule has 0 fully saturated rings. The van der Waals surface area contributed by atoms with Crippen molar-refractivity contribution >= 4 is 64.2 Å². The number of carbonyl (C=O) groups excluding carboxylic acids is 3. The molecule has 0 heterocycles. The van der Waals surface area contributed by atoms with E-state index in [2.05, 4.69) is 16.0 Å². The number of amides is 3. The Bertz CT molecular complexity index is 2000. The van der Waals surface area contributed by atoms with Gasteiger partial charge in [-0.3, -0.25) is 24.5 Å². The van der Waals surface area contributed by atoms with Crippen LogP contribution in [0.3, 0.4) is 0 Å². The first-order valence-corrected chi connectivity index (χ1v) is 15.9. The topological polar surface area (TPSA) is 130 Å². The first-order chi connectivity index (χ1) is 23.2. The summed E-state index contributed by atoms with van der Waals surface area (Å²) in [6.07, 6.45) is 1.53. The van der Waals surface area contributed by atoms with E-state index in [4.69, 9.17) is 11.6 Å². The van der Waals surface area contributed by atoms with E-state index in [1.807, 2.05) is 36.4 Å². The lowest BCUT2D eigenvalue weighted by Crippen LogP contribution is -2.30. The summed E-state index contributed by atoms with van der Waals surface area (Å²) >= 11 is 7.41. The van der Waals surface area contributed by atoms with Crippen molar-refractivity contribution in [3.8, 4) is 0 Å². The quantitative estimate of drug-likeness (QED) is 0.0557. The van der Waals surface area contributed by atoms with Gasteiger partial charge in [-0.05, 0) is 72.2 Å². The molecule has 0 saturated carbocycles. The second-order valence-electron chi connectivity index (χ2n) is 10.6. The van der Waals surface area contributed by atoms with Crippen molar-refractivity contribution in [2.75, 3.05) is 10.6 Å². The first kappa shape index (κ1) is 33.6. The molecular weight excluding hydrogens is 648 g/mol. The van der Waals surface area contributed by atoms with Gasteiger partial charge in [-0.1, -0.05) is 84.4 Å². The van der Waals surface area contributed by atoms with Gasteiger partial charge < -0.3 is 16.0 Å². The molecule has 0 aliphatic rings. The molecule has 5 rings (SSSR count). The predicted molar refractivity (Wildman–Crippen MR) is 190 cm³/mol. The number of nitro groups is 1. The monoisotopic (exact) mass is 676 g/mol. The molecule has 0 aliphatic carbocycles. The maximum atomic E-state index is 13.7. The fourth-order valence-corrected chi connectivity index (χ4v) is 5.93. The number of hydrogen-bond donors (Lipinski definition) is 3. The standard InChI is InChI=1S/C37H29ClN4O5S/c1-24-18-19-30(42(46)47)23-32(24)40-37(45)34(26-11-4-2-5-12-26)48-31-17-9-16-29(22-31)39-36(44)33(21-25-10-8-15-28(38)20-25)41-35(43)27-13-6-3-7-14-27/h2-23,34H,1H3,(H,39,44)(H,40,45)(H,41,43)/b33-21-. The molecule has 1 unspecified atom stereocenters. The summed E-state index contributed by atoms with van der Waals surface area (Å²) in [6.45, 7) is 1.76. The van der Waals surface area contributed by atoms with E-state index >= 15 is 0 Å². The largest absolute Gasteiger partial charge is 0.324 e. The van der Waals surface area contributed by atoms with Crippen molar-refractivity contribution in [2.24, 2.45) is 0 Å². The van der Waals surface area contributed by atoms with Crippen LogP contribution in [-0.4, -0.2) is 22.6 Å². The summed E-state index contributed by atoms with van der Waals surface area (Å²) < 4.78 is 0. The molecule has 0 aliphatic heterocycles. The number of thioether (sulfide) groups is 1. The maximum absolute atomic E-state index is 13.7. The molecule has 0 saturated heterocycles. The Morgan fingerprint density at radius 2 is 1.52 bits per heavy atom. The van der Waals surface area contributed by atoms with Crippen LogP contribution in [0.5, 0.6) is 0 Å². The molecule has 3 N–H and O–H groups in total. The summed E-state index contributed by atoms with van der Waals surface area (Å²) in [5.41, 5.74) is 3.02. The number of benzene rings is 5. The first-order valence-electron chi connectivity index (χ1n) is 14.7. The number of nitrogens with zero attached hydrogens (tertiary/aromatic N) is 1. The van der Waals surface area contributed by atoms with Gasteiger partial charge in [0.2, 0.25) is 5.91 Å². The van der Waals surface area contributed by atoms with Crippen molar-refractivity contribution < 1.29 is 19.3 Å². The summed E-state index contributed by atoms with van der Waals surface area (Å²) in [6, 6.07) is 35.8. The zero-order chi connectivity index (χ0) is 34.0. The van der Waals surface area contributed by atoms with Gasteiger partial charge in [0.15, 0.2) is 0 Å². The highest BCUT2D eigenvalue weighted by atomic mass is 35.5. The Morgan fingerprint density at radius 3 is 2.23 bits per heavy atom. The number of aryl methyl sites for hydroxylation is 1. The summed E-state index contributed by atoms with van der Waals surface area (Å²) in [5, 5.41) is 19.5. The number of anilines is 2. The highest BCUT2D eigenvalue weighted by Crippen LogP contribution is 2.38. The van der Waals surface area contributed by atoms with Crippen LogP contribution < -0.4 is 16.0 Å². The summed E-state index contributed by atoms with van der Waals surface area (Å²) in [7, 11) is 0. The van der Waals surface area contributed by atoms with Crippen LogP contribution in [0, 0.1) is 17.0 Å². The number of non-ortho nitro benzene ring substituents is 1. The summed E-state index contributed by atoms with van der Waals surface area (Å²) in [4.78, 5) is 51.8. The van der Waals surface area contributed by atoms with Crippen LogP contribution in [0.2, 0.25) is 5.02 Å². The highest BCUT2D eigenvalue weighted by Gasteiger charge is 2.24. The highest BCUT2D eigenvalue weighted by molar-refractivity contribution is 8.00. The number of nitro benzene ring substituents is 1. The smallest absolute Gasteiger partial charge is 0.272 e. The Morgan fingerprint density at radius 1 is 0.812 bits per heavy atom. The molecule has 0 radical (unpaired) electrons. The van der Waals surface area contributed by atoms with Crippen molar-refractivity contribution in [3.05, 3.63) is 170 Å². The molecule has 5 aromatic rings. The lowest BCUT2D eigenvalue weighted by molar-refractivity contribution is -0.384. The average molecular weight is 677 g/mol. The summed E-state index contributed by atoms with van der Waals surface area (Å²) in [5.74, 6) is -1.40. The average Bonchev–Trinajstić information content (AvgIpc) is 3.08. The van der Waals surface area contributed by atoms with Gasteiger partial charge in [0.1, 0.15) is 10.9 Å². The Balaban J connectivity index is 1.39. The minimum Gasteiger partial charge on any atom is -0.324 e. The normalized spacial score (nSPS) is 11.7. The van der Waals surface area contributed by atoms with Crippen LogP contribution in [0.1, 0.15) is 32.3 Å². The number of nitrogens with one attached hydrogen (secondary N) is 3. The van der Waals surface area contributed by atoms with Gasteiger partial charge in [-0.25, -0.2) is 0 Å². The number of carbonyl (C=O) groups is 3. The number of halogens is 1. The van der Waals surface area contributed by atoms with Crippen molar-refractivity contribution in [2.45, 2.75) is 17.1 Å². The third-order valence-corrected chi connectivity index (χ3v) is 8.55. The zero-order valence-corrected chi connectivity index (χ0v) is 27.1. The third-order valence-electron chi connectivity index (χ3n) is 7.06. The van der Waals surface area contributed by atoms with Crippen LogP contribution in [0.15, 0.2) is 138 Å². The SMILES string of the molecule is Cc1ccc([N+](=O)[O-])cc1NC(=O)C(Sc1cccc(NC(=O)/C(=C/c2cccc(Cl)c2)NC(=O)c2ccccc2)c1)c1ccccc1. The van der Waals surface area contributed by atoms with Gasteiger partial charge in [0.05, 0.1) is 10.6 Å². The molecule has 240 valence electrons. The fourth-order valence-electron chi connectivity index (χ4n) is 4.64. The minimum absolute atomic E-state index is 0.00181. The molecule has 3 amide bonds. The fraction of sp³-hybridized carbons (Fsp3) is 0.0541. The molecule has 0 bridgehead atoms. The lowest BCUT2D eigenvalue weighted by Gasteiger charge is -2.18. The van der Waals surface area contributed by atoms with Crippen molar-refractivity contribution in [1.82, 2.24) is 5.32 Å². The Hall–Kier alpha value is -5.71. The van der Waals surface area contributed by atoms with E-state index < -0.39 is 22.0 Å². The van der Waals surface area contributed by atoms with Crippen molar-refractivity contribution in [3.63, 3.8) is 0 Å². The van der Waals surface area contributed by atoms with E-state index in [9.17, 15) is 24.5 Å². The van der Waals surface area contributed by atoms with Crippen LogP contribution in [0.25, 0.3) is 6.08 Å². The van der Waals surface area contributed by atoms with Crippen LogP contribution >= 0.6 is 23.4 Å². The van der Waals surface area contributed by atoms with E-state index in [-0.39, 0.29) is 17.3 Å². The molecule has 5 aromatic carbocycles. The zero-order valence-electron chi connectivity index (χ0n) is 25.6. The van der Waals surface area contributed by atoms with E-state index in [1.54, 1.807) is 85.8 Å². The number of hydrogen-bond acceptors (Lipinski definition) is 6. The molecule has 0 spiro atoms. The van der Waals surface area contributed by atoms with Gasteiger partial charge in [0.25, 0.3) is 17.5 Å². The van der Waals surface area contributed by atoms with Crippen molar-refractivity contribution in [1.29, 1.82) is 0 Å². The van der Waals surface area contributed by atoms with E-state index in [1.165, 1.54) is 30.0 Å². The third kappa shape index (κ3) is 8.97. The number of rotatable bonds is 11. The molecule has 11 heteroatoms. The molecular formula is C37H29ClN4O5S. The second-order valence-corrected chi connectivity index (χ2v) is 12.2. The molecule has 0 aromatic heterocycles. The molecule has 48 heavy (non-hydrogen) atoms. The van der Waals surface area contributed by atoms with Gasteiger partial charge in [0, 0.05) is 33.3 Å². The second kappa shape index (κ2) is 15.7. The van der Waals surface area contributed by atoms with E-state index in [0.29, 0.717) is 43.5 Å². The Kier molecular flexibility index (Phi) is 11.0. The predicted octanol–water partition coefficient (Wildman–Crippen LogP) is 8.44. The van der Waals surface area contributed by atoms with Gasteiger partial charge in [-0.15, -0.1) is 11.8 Å².